The van der Waals surface area contributed by atoms with Crippen LogP contribution in [-0.2, 0) is 23.6 Å². The molecule has 0 amide bonds. The van der Waals surface area contributed by atoms with Crippen molar-refractivity contribution in [2.24, 2.45) is 7.05 Å². The number of nitrogens with zero attached hydrogens (tertiary/aromatic N) is 3. The van der Waals surface area contributed by atoms with Crippen LogP contribution in [-0.4, -0.2) is 30.8 Å². The third-order valence-electron chi connectivity index (χ3n) is 5.81. The number of ether oxygens (including phenoxy) is 1. The number of hydrogen-bond acceptors (Lipinski definition) is 6. The molecule has 0 aliphatic heterocycles. The van der Waals surface area contributed by atoms with Gasteiger partial charge >= 0.3 is 0 Å². The van der Waals surface area contributed by atoms with Crippen LogP contribution in [0, 0.1) is 5.82 Å². The monoisotopic (exact) mass is 544 g/mol. The van der Waals surface area contributed by atoms with Crippen LogP contribution in [0.2, 0.25) is 5.02 Å². The number of sulfonamides is 1. The molecule has 0 fully saturated rings. The van der Waals surface area contributed by atoms with Gasteiger partial charge in [-0.3, -0.25) is 9.10 Å². The van der Waals surface area contributed by atoms with Crippen molar-refractivity contribution in [2.45, 2.75) is 19.9 Å². The molecule has 4 rings (SSSR count). The molecule has 37 heavy (non-hydrogen) atoms. The number of aromatic nitrogens is 2. The predicted octanol–water partition coefficient (Wildman–Crippen LogP) is 5.22. The maximum absolute atomic E-state index is 16.0. The number of fused-ring (bicyclic) bond motifs is 1. The maximum Gasteiger partial charge on any atom is 0.260 e. The Morgan fingerprint density at radius 1 is 1.14 bits per heavy atom. The first kappa shape index (κ1) is 26.4. The number of nitrogens with one attached hydrogen (secondary N) is 1. The zero-order valence-corrected chi connectivity index (χ0v) is 22.1. The van der Waals surface area contributed by atoms with E-state index in [-0.39, 0.29) is 34.3 Å². The molecule has 0 bridgehead atoms. The molecule has 4 aromatic rings. The van der Waals surface area contributed by atoms with Gasteiger partial charge in [0.25, 0.3) is 5.56 Å². The molecule has 1 N–H and O–H groups in total. The molecule has 0 spiro atoms. The van der Waals surface area contributed by atoms with Gasteiger partial charge in [-0.2, -0.15) is 0 Å². The van der Waals surface area contributed by atoms with E-state index >= 15 is 4.39 Å². The first-order valence-electron chi connectivity index (χ1n) is 11.5. The first-order valence-corrected chi connectivity index (χ1v) is 13.5. The molecule has 0 atom stereocenters. The van der Waals surface area contributed by atoms with E-state index in [4.69, 9.17) is 16.3 Å². The molecular formula is C26H26ClFN4O4S. The minimum Gasteiger partial charge on any atom is -0.497 e. The van der Waals surface area contributed by atoms with Crippen molar-refractivity contribution < 1.29 is 17.5 Å². The zero-order chi connectivity index (χ0) is 26.7. The fraction of sp³-hybridized carbons (Fsp3) is 0.231. The Bertz CT molecular complexity index is 1610. The van der Waals surface area contributed by atoms with E-state index in [1.807, 2.05) is 0 Å². The second kappa shape index (κ2) is 10.8. The molecule has 1 heterocycles. The number of hydrogen-bond donors (Lipinski definition) is 1. The summed E-state index contributed by atoms with van der Waals surface area (Å²) in [5.74, 6) is -0.370. The minimum absolute atomic E-state index is 0.0534. The number of aryl methyl sites for hydroxylation is 1. The summed E-state index contributed by atoms with van der Waals surface area (Å²) in [7, 11) is -0.742. The third-order valence-corrected chi connectivity index (χ3v) is 8.05. The van der Waals surface area contributed by atoms with Gasteiger partial charge in [-0.15, -0.1) is 0 Å². The largest absolute Gasteiger partial charge is 0.497 e. The molecule has 0 saturated heterocycles. The topological polar surface area (TPSA) is 93.5 Å². The number of rotatable bonds is 9. The Morgan fingerprint density at radius 2 is 1.86 bits per heavy atom. The molecule has 8 nitrogen and oxygen atoms in total. The number of halogens is 2. The standard InChI is InChI=1S/C26H26ClFN4O4S/c1-4-13-37(34,35)32(15-17-5-8-19(36-3)9-6-17)23-12-10-21(27)25(24(23)28)30-18-7-11-22-20(14-18)26(33)31(2)16-29-22/h5-12,14,16,30H,4,13,15H2,1-3H3. The highest BCUT2D eigenvalue weighted by Gasteiger charge is 2.27. The second-order valence-electron chi connectivity index (χ2n) is 8.44. The van der Waals surface area contributed by atoms with Crippen molar-refractivity contribution in [2.75, 3.05) is 22.5 Å². The van der Waals surface area contributed by atoms with Crippen molar-refractivity contribution in [1.29, 1.82) is 0 Å². The zero-order valence-electron chi connectivity index (χ0n) is 20.5. The Hall–Kier alpha value is -3.63. The van der Waals surface area contributed by atoms with E-state index in [0.29, 0.717) is 34.3 Å². The SMILES string of the molecule is CCCS(=O)(=O)N(Cc1ccc(OC)cc1)c1ccc(Cl)c(Nc2ccc3ncn(C)c(=O)c3c2)c1F. The summed E-state index contributed by atoms with van der Waals surface area (Å²) < 4.78 is 50.0. The van der Waals surface area contributed by atoms with Gasteiger partial charge in [0.2, 0.25) is 10.0 Å². The van der Waals surface area contributed by atoms with Crippen LogP contribution in [0.3, 0.4) is 0 Å². The highest BCUT2D eigenvalue weighted by atomic mass is 35.5. The normalized spacial score (nSPS) is 11.5. The van der Waals surface area contributed by atoms with Crippen LogP contribution in [0.4, 0.5) is 21.5 Å². The first-order chi connectivity index (χ1) is 17.6. The van der Waals surface area contributed by atoms with Crippen molar-refractivity contribution in [1.82, 2.24) is 9.55 Å². The van der Waals surface area contributed by atoms with E-state index in [2.05, 4.69) is 10.3 Å². The summed E-state index contributed by atoms with van der Waals surface area (Å²) >= 11 is 6.34. The van der Waals surface area contributed by atoms with Crippen LogP contribution in [0.1, 0.15) is 18.9 Å². The number of methoxy groups -OCH3 is 1. The minimum atomic E-state index is -3.86. The lowest BCUT2D eigenvalue weighted by atomic mass is 10.2. The van der Waals surface area contributed by atoms with Gasteiger partial charge in [0, 0.05) is 12.7 Å². The molecular weight excluding hydrogens is 519 g/mol. The van der Waals surface area contributed by atoms with Crippen molar-refractivity contribution in [3.8, 4) is 5.75 Å². The lowest BCUT2D eigenvalue weighted by Crippen LogP contribution is -2.33. The molecule has 0 radical (unpaired) electrons. The molecule has 3 aromatic carbocycles. The molecule has 194 valence electrons. The smallest absolute Gasteiger partial charge is 0.260 e. The Morgan fingerprint density at radius 3 is 2.54 bits per heavy atom. The van der Waals surface area contributed by atoms with Crippen molar-refractivity contribution in [3.05, 3.63) is 87.7 Å². The molecule has 0 unspecified atom stereocenters. The van der Waals surface area contributed by atoms with E-state index < -0.39 is 15.8 Å². The Labute approximate surface area is 219 Å². The van der Waals surface area contributed by atoms with E-state index in [1.54, 1.807) is 56.4 Å². The van der Waals surface area contributed by atoms with Gasteiger partial charge < -0.3 is 14.6 Å². The maximum atomic E-state index is 16.0. The van der Waals surface area contributed by atoms with Gasteiger partial charge in [0.05, 0.1) is 53.0 Å². The van der Waals surface area contributed by atoms with Crippen LogP contribution < -0.4 is 19.9 Å². The number of benzene rings is 3. The van der Waals surface area contributed by atoms with E-state index in [1.165, 1.54) is 30.1 Å². The van der Waals surface area contributed by atoms with Crippen LogP contribution in [0.25, 0.3) is 10.9 Å². The lowest BCUT2D eigenvalue weighted by molar-refractivity contribution is 0.414. The van der Waals surface area contributed by atoms with Gasteiger partial charge in [-0.25, -0.2) is 17.8 Å². The van der Waals surface area contributed by atoms with Crippen LogP contribution in [0.5, 0.6) is 5.75 Å². The summed E-state index contributed by atoms with van der Waals surface area (Å²) in [6.45, 7) is 1.66. The fourth-order valence-corrected chi connectivity index (χ4v) is 5.60. The molecule has 0 saturated carbocycles. The number of anilines is 3. The van der Waals surface area contributed by atoms with E-state index in [9.17, 15) is 13.2 Å². The Balaban J connectivity index is 1.77. The highest BCUT2D eigenvalue weighted by Crippen LogP contribution is 2.36. The van der Waals surface area contributed by atoms with Crippen LogP contribution in [0.15, 0.2) is 65.7 Å². The second-order valence-corrected chi connectivity index (χ2v) is 10.9. The third kappa shape index (κ3) is 5.55. The average molecular weight is 545 g/mol. The Kier molecular flexibility index (Phi) is 7.70. The van der Waals surface area contributed by atoms with E-state index in [0.717, 1.165) is 4.31 Å². The quantitative estimate of drug-likeness (QED) is 0.310. The molecule has 0 aliphatic rings. The predicted molar refractivity (Wildman–Crippen MR) is 145 cm³/mol. The summed E-state index contributed by atoms with van der Waals surface area (Å²) in [5.41, 5.74) is 1.03. The molecule has 1 aromatic heterocycles. The summed E-state index contributed by atoms with van der Waals surface area (Å²) in [4.78, 5) is 16.7. The highest BCUT2D eigenvalue weighted by molar-refractivity contribution is 7.92. The molecule has 0 aliphatic carbocycles. The average Bonchev–Trinajstić information content (AvgIpc) is 2.88. The van der Waals surface area contributed by atoms with Crippen LogP contribution >= 0.6 is 11.6 Å². The lowest BCUT2D eigenvalue weighted by Gasteiger charge is -2.26. The van der Waals surface area contributed by atoms with Crippen molar-refractivity contribution >= 4 is 49.6 Å². The fourth-order valence-electron chi connectivity index (χ4n) is 3.88. The molecule has 11 heteroatoms. The summed E-state index contributed by atoms with van der Waals surface area (Å²) in [5, 5.41) is 3.31. The van der Waals surface area contributed by atoms with Crippen molar-refractivity contribution in [3.63, 3.8) is 0 Å². The van der Waals surface area contributed by atoms with Gasteiger partial charge in [-0.05, 0) is 54.4 Å². The van der Waals surface area contributed by atoms with Gasteiger partial charge in [0.1, 0.15) is 5.75 Å². The summed E-state index contributed by atoms with van der Waals surface area (Å²) in [6.07, 6.45) is 1.79. The summed E-state index contributed by atoms with van der Waals surface area (Å²) in [6, 6.07) is 14.5. The van der Waals surface area contributed by atoms with Gasteiger partial charge in [0.15, 0.2) is 5.82 Å². The van der Waals surface area contributed by atoms with Gasteiger partial charge in [-0.1, -0.05) is 30.7 Å².